The number of para-hydroxylation sites is 1. The Morgan fingerprint density at radius 2 is 1.58 bits per heavy atom. The van der Waals surface area contributed by atoms with Crippen LogP contribution in [0.2, 0.25) is 0 Å². The van der Waals surface area contributed by atoms with Crippen molar-refractivity contribution in [3.05, 3.63) is 54.6 Å². The molecule has 0 unspecified atom stereocenters. The number of piperazine rings is 1. The summed E-state index contributed by atoms with van der Waals surface area (Å²) in [5.41, 5.74) is 0.805. The lowest BCUT2D eigenvalue weighted by molar-refractivity contribution is -0.999. The van der Waals surface area contributed by atoms with Gasteiger partial charge < -0.3 is 19.9 Å². The average Bonchev–Trinajstić information content (AvgIpc) is 2.60. The van der Waals surface area contributed by atoms with Gasteiger partial charge in [-0.15, -0.1) is 0 Å². The van der Waals surface area contributed by atoms with E-state index in [1.54, 1.807) is 4.90 Å². The van der Waals surface area contributed by atoms with Crippen LogP contribution in [-0.2, 0) is 4.79 Å². The van der Waals surface area contributed by atoms with E-state index in [-0.39, 0.29) is 5.91 Å². The summed E-state index contributed by atoms with van der Waals surface area (Å²) in [7, 11) is 2.20. The lowest BCUT2D eigenvalue weighted by Crippen LogP contribution is -3.27. The number of quaternary nitrogens is 2. The maximum absolute atomic E-state index is 12.2. The van der Waals surface area contributed by atoms with Crippen molar-refractivity contribution in [1.82, 2.24) is 0 Å². The third-order valence-electron chi connectivity index (χ3n) is 4.34. The fourth-order valence-electron chi connectivity index (χ4n) is 2.87. The maximum atomic E-state index is 12.2. The molecule has 3 rings (SSSR count). The lowest BCUT2D eigenvalue weighted by Gasteiger charge is -2.26. The highest BCUT2D eigenvalue weighted by Gasteiger charge is 2.22. The van der Waals surface area contributed by atoms with Crippen LogP contribution in [0.1, 0.15) is 0 Å². The number of carbonyl (C=O) groups excluding carboxylic acids is 1. The van der Waals surface area contributed by atoms with Crippen molar-refractivity contribution < 1.29 is 19.3 Å². The quantitative estimate of drug-likeness (QED) is 0.714. The summed E-state index contributed by atoms with van der Waals surface area (Å²) in [6.07, 6.45) is 0. The van der Waals surface area contributed by atoms with Crippen molar-refractivity contribution in [2.45, 2.75) is 0 Å². The molecule has 1 aliphatic heterocycles. The molecule has 0 spiro atoms. The molecule has 0 bridgehead atoms. The third kappa shape index (κ3) is 4.81. The fraction of sp³-hybridized carbons (Fsp3) is 0.316. The topological polar surface area (TPSA) is 47.2 Å². The molecule has 1 amide bonds. The Bertz CT molecular complexity index is 650. The Hall–Kier alpha value is -2.37. The minimum atomic E-state index is 0.0706. The molecule has 0 aromatic heterocycles. The van der Waals surface area contributed by atoms with Crippen LogP contribution >= 0.6 is 0 Å². The molecule has 2 aromatic carbocycles. The number of anilines is 1. The predicted octanol–water partition coefficient (Wildman–Crippen LogP) is -0.169. The average molecular weight is 327 g/mol. The molecule has 3 N–H and O–H groups in total. The Morgan fingerprint density at radius 3 is 2.25 bits per heavy atom. The van der Waals surface area contributed by atoms with Gasteiger partial charge in [0.15, 0.2) is 6.54 Å². The van der Waals surface area contributed by atoms with Gasteiger partial charge in [-0.2, -0.15) is 0 Å². The Morgan fingerprint density at radius 1 is 0.958 bits per heavy atom. The van der Waals surface area contributed by atoms with Crippen LogP contribution in [0.15, 0.2) is 54.6 Å². The van der Waals surface area contributed by atoms with Crippen LogP contribution in [0.5, 0.6) is 11.5 Å². The monoisotopic (exact) mass is 327 g/mol. The Balaban J connectivity index is 1.49. The molecule has 1 saturated heterocycles. The first-order chi connectivity index (χ1) is 11.7. The van der Waals surface area contributed by atoms with E-state index in [2.05, 4.69) is 12.4 Å². The molecule has 5 nitrogen and oxygen atoms in total. The molecule has 0 saturated carbocycles. The van der Waals surface area contributed by atoms with Gasteiger partial charge in [-0.25, -0.2) is 0 Å². The molecule has 1 aliphatic rings. The number of benzene rings is 2. The van der Waals surface area contributed by atoms with Crippen molar-refractivity contribution in [1.29, 1.82) is 0 Å². The van der Waals surface area contributed by atoms with E-state index >= 15 is 0 Å². The number of amides is 1. The molecule has 0 atom stereocenters. The second-order valence-corrected chi connectivity index (χ2v) is 6.37. The summed E-state index contributed by atoms with van der Waals surface area (Å²) in [5, 5.41) is 2.97. The van der Waals surface area contributed by atoms with Gasteiger partial charge in [-0.05, 0) is 36.4 Å². The molecular weight excluding hydrogens is 302 g/mol. The Kier molecular flexibility index (Phi) is 5.46. The standard InChI is InChI=1S/C19H23N3O2/c1-21-11-13-22(14-12-21)15-19(23)20-16-7-9-18(10-8-16)24-17-5-3-2-4-6-17/h2-10H,11-15H2,1H3,(H,20,23)/p+2. The van der Waals surface area contributed by atoms with Crippen LogP contribution in [-0.4, -0.2) is 45.7 Å². The first-order valence-electron chi connectivity index (χ1n) is 8.47. The smallest absolute Gasteiger partial charge is 0.279 e. The van der Waals surface area contributed by atoms with Gasteiger partial charge in [-0.1, -0.05) is 18.2 Å². The second-order valence-electron chi connectivity index (χ2n) is 6.37. The third-order valence-corrected chi connectivity index (χ3v) is 4.34. The van der Waals surface area contributed by atoms with Crippen LogP contribution in [0.4, 0.5) is 5.69 Å². The number of ether oxygens (including phenoxy) is 1. The van der Waals surface area contributed by atoms with Gasteiger partial charge in [-0.3, -0.25) is 4.79 Å². The van der Waals surface area contributed by atoms with E-state index < -0.39 is 0 Å². The van der Waals surface area contributed by atoms with Crippen LogP contribution < -0.4 is 19.9 Å². The summed E-state index contributed by atoms with van der Waals surface area (Å²) in [5.74, 6) is 1.63. The van der Waals surface area contributed by atoms with Gasteiger partial charge in [0.25, 0.3) is 5.91 Å². The minimum absolute atomic E-state index is 0.0706. The van der Waals surface area contributed by atoms with Gasteiger partial charge in [0.05, 0.1) is 7.05 Å². The number of likely N-dealkylation sites (N-methyl/N-ethyl adjacent to an activating group) is 1. The molecule has 2 aromatic rings. The van der Waals surface area contributed by atoms with Gasteiger partial charge in [0, 0.05) is 5.69 Å². The first-order valence-corrected chi connectivity index (χ1v) is 8.47. The fourth-order valence-corrected chi connectivity index (χ4v) is 2.87. The van der Waals surface area contributed by atoms with Gasteiger partial charge >= 0.3 is 0 Å². The number of carbonyl (C=O) groups is 1. The maximum Gasteiger partial charge on any atom is 0.279 e. The van der Waals surface area contributed by atoms with Crippen molar-refractivity contribution in [3.63, 3.8) is 0 Å². The molecular formula is C19H25N3O2+2. The SMILES string of the molecule is C[NH+]1CC[NH+](CC(=O)Nc2ccc(Oc3ccccc3)cc2)CC1. The van der Waals surface area contributed by atoms with Crippen LogP contribution in [0.3, 0.4) is 0 Å². The number of hydrogen-bond acceptors (Lipinski definition) is 2. The molecule has 1 heterocycles. The van der Waals surface area contributed by atoms with Crippen molar-refractivity contribution in [3.8, 4) is 11.5 Å². The molecule has 5 heteroatoms. The molecule has 24 heavy (non-hydrogen) atoms. The predicted molar refractivity (Wildman–Crippen MR) is 93.8 cm³/mol. The van der Waals surface area contributed by atoms with Gasteiger partial charge in [0.1, 0.15) is 37.7 Å². The van der Waals surface area contributed by atoms with Crippen molar-refractivity contribution in [2.24, 2.45) is 0 Å². The highest BCUT2D eigenvalue weighted by molar-refractivity contribution is 5.91. The molecule has 126 valence electrons. The second kappa shape index (κ2) is 7.95. The normalized spacial score (nSPS) is 20.4. The summed E-state index contributed by atoms with van der Waals surface area (Å²) in [4.78, 5) is 15.1. The van der Waals surface area contributed by atoms with Gasteiger partial charge in [0.2, 0.25) is 0 Å². The van der Waals surface area contributed by atoms with Crippen LogP contribution in [0, 0.1) is 0 Å². The van der Waals surface area contributed by atoms with Crippen LogP contribution in [0.25, 0.3) is 0 Å². The summed E-state index contributed by atoms with van der Waals surface area (Å²) in [6, 6.07) is 17.1. The lowest BCUT2D eigenvalue weighted by atomic mass is 10.3. The van der Waals surface area contributed by atoms with E-state index in [0.717, 1.165) is 43.4 Å². The van der Waals surface area contributed by atoms with E-state index in [9.17, 15) is 4.79 Å². The number of nitrogens with one attached hydrogen (secondary N) is 3. The minimum Gasteiger partial charge on any atom is -0.457 e. The Labute approximate surface area is 142 Å². The highest BCUT2D eigenvalue weighted by atomic mass is 16.5. The van der Waals surface area contributed by atoms with E-state index in [0.29, 0.717) is 6.54 Å². The molecule has 1 fully saturated rings. The summed E-state index contributed by atoms with van der Waals surface area (Å²) >= 11 is 0. The zero-order chi connectivity index (χ0) is 16.8. The number of rotatable bonds is 5. The van der Waals surface area contributed by atoms with Crippen molar-refractivity contribution >= 4 is 11.6 Å². The summed E-state index contributed by atoms with van der Waals surface area (Å²) in [6.45, 7) is 4.92. The van der Waals surface area contributed by atoms with E-state index in [1.165, 1.54) is 4.90 Å². The highest BCUT2D eigenvalue weighted by Crippen LogP contribution is 2.22. The first kappa shape index (κ1) is 16.5. The zero-order valence-corrected chi connectivity index (χ0v) is 14.0. The number of hydrogen-bond donors (Lipinski definition) is 3. The van der Waals surface area contributed by atoms with E-state index in [4.69, 9.17) is 4.74 Å². The largest absolute Gasteiger partial charge is 0.457 e. The summed E-state index contributed by atoms with van der Waals surface area (Å²) < 4.78 is 5.75. The van der Waals surface area contributed by atoms with Crippen molar-refractivity contribution in [2.75, 3.05) is 45.1 Å². The molecule has 0 radical (unpaired) electrons. The van der Waals surface area contributed by atoms with E-state index in [1.807, 2.05) is 54.6 Å². The molecule has 0 aliphatic carbocycles. The zero-order valence-electron chi connectivity index (χ0n) is 14.0.